The van der Waals surface area contributed by atoms with Gasteiger partial charge in [-0.1, -0.05) is 47.6 Å². The molecule has 0 saturated heterocycles. The molecule has 2 heterocycles. The molecule has 0 radical (unpaired) electrons. The highest BCUT2D eigenvalue weighted by molar-refractivity contribution is 7.90. The number of pyridine rings is 1. The van der Waals surface area contributed by atoms with Crippen LogP contribution in [0.25, 0.3) is 22.2 Å². The van der Waals surface area contributed by atoms with Crippen LogP contribution in [0.5, 0.6) is 0 Å². The van der Waals surface area contributed by atoms with Crippen LogP contribution in [0.4, 0.5) is 0 Å². The largest absolute Gasteiger partial charge is 0.356 e. The van der Waals surface area contributed by atoms with Gasteiger partial charge < -0.3 is 10.3 Å². The number of hydrogen-bond donors (Lipinski definition) is 1. The van der Waals surface area contributed by atoms with E-state index in [0.29, 0.717) is 17.7 Å². The molecule has 4 aromatic rings. The molecule has 2 aromatic carbocycles. The van der Waals surface area contributed by atoms with Crippen molar-refractivity contribution in [1.82, 2.24) is 10.1 Å². The molecule has 8 heteroatoms. The second kappa shape index (κ2) is 8.55. The van der Waals surface area contributed by atoms with Gasteiger partial charge in [0.05, 0.1) is 0 Å². The number of rotatable bonds is 5. The Morgan fingerprint density at radius 3 is 2.50 bits per heavy atom. The molecule has 6 nitrogen and oxygen atoms in total. The Morgan fingerprint density at radius 1 is 1.03 bits per heavy atom. The normalized spacial score (nSPS) is 12.5. The summed E-state index contributed by atoms with van der Waals surface area (Å²) in [6.45, 7) is 1.90. The Bertz CT molecular complexity index is 1300. The Kier molecular flexibility index (Phi) is 6.26. The standard InChI is InChI=1S/C22H21N3O3S.ClH/c1-14-11-12-21(29(2,26)27)24-19(14)13-18(23)15-7-3-4-8-16(15)22-17-9-5-6-10-20(17)28-25-22;/h3-12,18H,13,23H2,1-2H3;1H. The van der Waals surface area contributed by atoms with Crippen molar-refractivity contribution in [2.45, 2.75) is 24.4 Å². The SMILES string of the molecule is Cc1ccc(S(C)(=O)=O)nc1CC(N)c1ccccc1-c1noc2ccccc12.Cl. The summed E-state index contributed by atoms with van der Waals surface area (Å²) in [6.07, 6.45) is 1.56. The number of para-hydroxylation sites is 1. The molecule has 0 aliphatic rings. The number of aryl methyl sites for hydroxylation is 1. The minimum absolute atomic E-state index is 0. The highest BCUT2D eigenvalue weighted by Gasteiger charge is 2.19. The zero-order valence-corrected chi connectivity index (χ0v) is 18.2. The first-order valence-electron chi connectivity index (χ1n) is 9.20. The predicted octanol–water partition coefficient (Wildman–Crippen LogP) is 4.27. The van der Waals surface area contributed by atoms with Crippen molar-refractivity contribution in [1.29, 1.82) is 0 Å². The van der Waals surface area contributed by atoms with Crippen molar-refractivity contribution in [3.05, 3.63) is 77.5 Å². The van der Waals surface area contributed by atoms with Gasteiger partial charge in [0.15, 0.2) is 20.4 Å². The first-order chi connectivity index (χ1) is 13.8. The summed E-state index contributed by atoms with van der Waals surface area (Å²) in [6, 6.07) is 18.4. The predicted molar refractivity (Wildman–Crippen MR) is 119 cm³/mol. The Balaban J connectivity index is 0.00000256. The van der Waals surface area contributed by atoms with Crippen LogP contribution in [0.2, 0.25) is 0 Å². The zero-order valence-electron chi connectivity index (χ0n) is 16.6. The number of aromatic nitrogens is 2. The third-order valence-electron chi connectivity index (χ3n) is 4.96. The van der Waals surface area contributed by atoms with E-state index in [1.54, 1.807) is 6.07 Å². The number of sulfone groups is 1. The lowest BCUT2D eigenvalue weighted by Crippen LogP contribution is -2.17. The maximum absolute atomic E-state index is 11.9. The molecule has 2 aromatic heterocycles. The van der Waals surface area contributed by atoms with Crippen molar-refractivity contribution in [3.8, 4) is 11.3 Å². The molecule has 1 unspecified atom stereocenters. The van der Waals surface area contributed by atoms with Crippen LogP contribution in [0.1, 0.15) is 22.9 Å². The average Bonchev–Trinajstić information content (AvgIpc) is 3.13. The van der Waals surface area contributed by atoms with Crippen molar-refractivity contribution >= 4 is 33.2 Å². The van der Waals surface area contributed by atoms with Crippen LogP contribution < -0.4 is 5.73 Å². The summed E-state index contributed by atoms with van der Waals surface area (Å²) in [5.74, 6) is 0. The average molecular weight is 444 g/mol. The van der Waals surface area contributed by atoms with E-state index in [1.165, 1.54) is 6.07 Å². The van der Waals surface area contributed by atoms with E-state index in [1.807, 2.05) is 55.5 Å². The molecule has 0 fully saturated rings. The first-order valence-corrected chi connectivity index (χ1v) is 11.1. The summed E-state index contributed by atoms with van der Waals surface area (Å²) in [5.41, 5.74) is 11.4. The van der Waals surface area contributed by atoms with Gasteiger partial charge in [-0.3, -0.25) is 0 Å². The topological polar surface area (TPSA) is 99.1 Å². The smallest absolute Gasteiger partial charge is 0.192 e. The lowest BCUT2D eigenvalue weighted by molar-refractivity contribution is 0.459. The Hall–Kier alpha value is -2.74. The molecule has 0 amide bonds. The van der Waals surface area contributed by atoms with E-state index < -0.39 is 9.84 Å². The van der Waals surface area contributed by atoms with Gasteiger partial charge in [-0.2, -0.15) is 0 Å². The van der Waals surface area contributed by atoms with Crippen molar-refractivity contribution in [2.75, 3.05) is 6.26 Å². The molecule has 0 spiro atoms. The third kappa shape index (κ3) is 4.23. The molecule has 30 heavy (non-hydrogen) atoms. The molecular weight excluding hydrogens is 422 g/mol. The van der Waals surface area contributed by atoms with Crippen LogP contribution in [0, 0.1) is 6.92 Å². The van der Waals surface area contributed by atoms with E-state index in [4.69, 9.17) is 10.3 Å². The van der Waals surface area contributed by atoms with E-state index in [-0.39, 0.29) is 23.5 Å². The number of fused-ring (bicyclic) bond motifs is 1. The summed E-state index contributed by atoms with van der Waals surface area (Å²) in [4.78, 5) is 4.35. The van der Waals surface area contributed by atoms with Crippen LogP contribution in [0.3, 0.4) is 0 Å². The van der Waals surface area contributed by atoms with Gasteiger partial charge in [-0.25, -0.2) is 13.4 Å². The van der Waals surface area contributed by atoms with Crippen LogP contribution >= 0.6 is 12.4 Å². The van der Waals surface area contributed by atoms with E-state index >= 15 is 0 Å². The summed E-state index contributed by atoms with van der Waals surface area (Å²) >= 11 is 0. The zero-order chi connectivity index (χ0) is 20.6. The Labute approximate surface area is 181 Å². The molecule has 1 atom stereocenters. The first kappa shape index (κ1) is 22.0. The molecule has 0 aliphatic carbocycles. The van der Waals surface area contributed by atoms with Gasteiger partial charge in [0.2, 0.25) is 0 Å². The van der Waals surface area contributed by atoms with Gasteiger partial charge >= 0.3 is 0 Å². The molecule has 0 aliphatic heterocycles. The third-order valence-corrected chi connectivity index (χ3v) is 5.95. The molecule has 0 saturated carbocycles. The molecule has 2 N–H and O–H groups in total. The number of benzene rings is 2. The molecular formula is C22H22ClN3O3S. The van der Waals surface area contributed by atoms with Gasteiger partial charge in [-0.05, 0) is 36.2 Å². The second-order valence-electron chi connectivity index (χ2n) is 7.11. The lowest BCUT2D eigenvalue weighted by atomic mass is 9.93. The quantitative estimate of drug-likeness (QED) is 0.494. The number of nitrogens with two attached hydrogens (primary N) is 1. The van der Waals surface area contributed by atoms with Crippen molar-refractivity contribution < 1.29 is 12.9 Å². The highest BCUT2D eigenvalue weighted by Crippen LogP contribution is 2.33. The minimum atomic E-state index is -3.38. The second-order valence-corrected chi connectivity index (χ2v) is 9.07. The monoisotopic (exact) mass is 443 g/mol. The van der Waals surface area contributed by atoms with Crippen molar-refractivity contribution in [2.24, 2.45) is 5.73 Å². The minimum Gasteiger partial charge on any atom is -0.356 e. The van der Waals surface area contributed by atoms with E-state index in [0.717, 1.165) is 34.0 Å². The number of nitrogens with zero attached hydrogens (tertiary/aromatic N) is 2. The van der Waals surface area contributed by atoms with Crippen LogP contribution in [-0.2, 0) is 16.3 Å². The number of halogens is 1. The van der Waals surface area contributed by atoms with E-state index in [9.17, 15) is 8.42 Å². The Morgan fingerprint density at radius 2 is 1.73 bits per heavy atom. The van der Waals surface area contributed by atoms with Gasteiger partial charge in [0.1, 0.15) is 5.69 Å². The maximum atomic E-state index is 11.9. The molecule has 0 bridgehead atoms. The fourth-order valence-corrected chi connectivity index (χ4v) is 3.99. The van der Waals surface area contributed by atoms with Crippen LogP contribution in [0.15, 0.2) is 70.2 Å². The van der Waals surface area contributed by atoms with Gasteiger partial charge in [0.25, 0.3) is 0 Å². The van der Waals surface area contributed by atoms with Crippen molar-refractivity contribution in [3.63, 3.8) is 0 Å². The summed E-state index contributed by atoms with van der Waals surface area (Å²) in [7, 11) is -3.38. The summed E-state index contributed by atoms with van der Waals surface area (Å²) < 4.78 is 29.2. The fourth-order valence-electron chi connectivity index (χ4n) is 3.40. The highest BCUT2D eigenvalue weighted by atomic mass is 35.5. The molecule has 156 valence electrons. The van der Waals surface area contributed by atoms with Gasteiger partial charge in [0, 0.05) is 35.4 Å². The summed E-state index contributed by atoms with van der Waals surface area (Å²) in [5, 5.41) is 5.23. The molecule has 4 rings (SSSR count). The van der Waals surface area contributed by atoms with Crippen LogP contribution in [-0.4, -0.2) is 24.8 Å². The van der Waals surface area contributed by atoms with Gasteiger partial charge in [-0.15, -0.1) is 12.4 Å². The lowest BCUT2D eigenvalue weighted by Gasteiger charge is -2.17. The van der Waals surface area contributed by atoms with E-state index in [2.05, 4.69) is 10.1 Å². The maximum Gasteiger partial charge on any atom is 0.192 e. The number of hydrogen-bond acceptors (Lipinski definition) is 6. The fraction of sp³-hybridized carbons (Fsp3) is 0.182.